The monoisotopic (exact) mass is 1450 g/mol. The largest absolute Gasteiger partial charge is 0.492 e. The zero-order valence-electron chi connectivity index (χ0n) is 67.7. The van der Waals surface area contributed by atoms with Gasteiger partial charge in [-0.25, -0.2) is 4.79 Å². The summed E-state index contributed by atoms with van der Waals surface area (Å²) < 4.78 is 49.7. The van der Waals surface area contributed by atoms with Crippen LogP contribution in [0.1, 0.15) is 123 Å². The highest BCUT2D eigenvalue weighted by atomic mass is 16.5. The Morgan fingerprint density at radius 1 is 0.262 bits per heavy atom. The lowest BCUT2D eigenvalue weighted by Crippen LogP contribution is -2.36. The quantitative estimate of drug-likeness (QED) is 0.0179. The average molecular weight is 1450 g/mol. The van der Waals surface area contributed by atoms with Gasteiger partial charge in [0.2, 0.25) is 0 Å². The lowest BCUT2D eigenvalue weighted by atomic mass is 10.1. The van der Waals surface area contributed by atoms with E-state index >= 15 is 0 Å². The van der Waals surface area contributed by atoms with Crippen molar-refractivity contribution in [2.24, 2.45) is 0 Å². The summed E-state index contributed by atoms with van der Waals surface area (Å²) in [5.74, 6) is 44.4. The number of rotatable bonds is 32. The van der Waals surface area contributed by atoms with Crippen molar-refractivity contribution in [3.05, 3.63) is 212 Å². The third kappa shape index (κ3) is 32.7. The van der Waals surface area contributed by atoms with Crippen LogP contribution in [0.25, 0.3) is 0 Å². The van der Waals surface area contributed by atoms with E-state index in [0.29, 0.717) is 109 Å². The molecule has 7 aromatic rings. The van der Waals surface area contributed by atoms with Gasteiger partial charge < -0.3 is 60.1 Å². The number of nitrogens with zero attached hydrogens (tertiary/aromatic N) is 6. The van der Waals surface area contributed by atoms with E-state index in [-0.39, 0.29) is 5.97 Å². The lowest BCUT2D eigenvalue weighted by molar-refractivity contribution is -0.870. The molecule has 0 saturated heterocycles. The molecule has 0 N–H and O–H groups in total. The van der Waals surface area contributed by atoms with E-state index in [2.05, 4.69) is 198 Å². The number of carbonyl (C=O) groups excluding carboxylic acids is 1. The zero-order chi connectivity index (χ0) is 77.7. The number of hydrogen-bond donors (Lipinski definition) is 0. The van der Waals surface area contributed by atoms with Gasteiger partial charge in [-0.3, -0.25) is 0 Å². The highest BCUT2D eigenvalue weighted by Gasteiger charge is 2.19. The number of ether oxygens (including phenoxy) is 7. The van der Waals surface area contributed by atoms with E-state index in [0.717, 1.165) is 149 Å². The van der Waals surface area contributed by atoms with Crippen molar-refractivity contribution in [2.75, 3.05) is 212 Å². The maximum Gasteiger partial charge on any atom is 0.338 e. The molecule has 0 atom stereocenters. The van der Waals surface area contributed by atoms with Crippen molar-refractivity contribution in [1.82, 2.24) is 0 Å². The highest BCUT2D eigenvalue weighted by molar-refractivity contribution is 5.89. The van der Waals surface area contributed by atoms with E-state index in [1.807, 2.05) is 127 Å². The normalized spacial score (nSPS) is 11.4. The van der Waals surface area contributed by atoms with Gasteiger partial charge in [0.25, 0.3) is 0 Å². The smallest absolute Gasteiger partial charge is 0.338 e. The Balaban J connectivity index is 1.21. The van der Waals surface area contributed by atoms with Crippen molar-refractivity contribution >= 4 is 5.97 Å². The van der Waals surface area contributed by atoms with Crippen LogP contribution in [0.3, 0.4) is 0 Å². The standard InChI is InChI=1S/C93H118N6O8/c1-20-101-93(100)80-48-40-79(41-49-80)47-55-86-73-91(106-66-28-60-98(14,15)16)85(72-92(86)107-67-29-61-99(17,18)19)54-46-78-38-36-77(37-39-78)45-53-84-71-89(104-64-26-58-96(8,9)10)83(70-90(84)105-65-27-59-97(11,12)13)52-44-76-34-32-75(33-35-76)43-51-82-69-87(102-62-24-56-94(2,3)4)81(50-42-74-30-22-21-23-31-74)68-88(82)103-63-25-57-95(5,6)7/h21-23,30-41,48-49,68-73H,20,24-29,56-67H2,1-19H3/q+6. The van der Waals surface area contributed by atoms with E-state index in [1.165, 1.54) is 0 Å². The summed E-state index contributed by atoms with van der Waals surface area (Å²) >= 11 is 0. The number of carbonyl (C=O) groups is 1. The van der Waals surface area contributed by atoms with Gasteiger partial charge in [0.1, 0.15) is 34.5 Å². The molecule has 14 heteroatoms. The summed E-state index contributed by atoms with van der Waals surface area (Å²) in [4.78, 5) is 12.4. The van der Waals surface area contributed by atoms with Crippen LogP contribution < -0.4 is 28.4 Å². The van der Waals surface area contributed by atoms with E-state index in [9.17, 15) is 4.79 Å². The molecule has 7 rings (SSSR count). The average Bonchev–Trinajstić information content (AvgIpc) is 0.830. The fourth-order valence-corrected chi connectivity index (χ4v) is 10.8. The molecule has 0 amide bonds. The van der Waals surface area contributed by atoms with Crippen LogP contribution >= 0.6 is 0 Å². The molecule has 107 heavy (non-hydrogen) atoms. The third-order valence-electron chi connectivity index (χ3n) is 16.6. The van der Waals surface area contributed by atoms with E-state index in [1.54, 1.807) is 19.1 Å². The summed E-state index contributed by atoms with van der Waals surface area (Å²) in [6.07, 6.45) is 5.13. The molecule has 0 aromatic heterocycles. The van der Waals surface area contributed by atoms with Gasteiger partial charge in [0.15, 0.2) is 0 Å². The van der Waals surface area contributed by atoms with Crippen molar-refractivity contribution in [2.45, 2.75) is 45.4 Å². The maximum atomic E-state index is 12.4. The number of esters is 1. The first-order chi connectivity index (χ1) is 50.6. The molecule has 0 aliphatic heterocycles. The first-order valence-electron chi connectivity index (χ1n) is 37.4. The Hall–Kier alpha value is -10.1. The highest BCUT2D eigenvalue weighted by Crippen LogP contribution is 2.33. The molecular formula is C93H118N6O8+6. The van der Waals surface area contributed by atoms with Crippen molar-refractivity contribution in [3.63, 3.8) is 0 Å². The predicted molar refractivity (Wildman–Crippen MR) is 435 cm³/mol. The maximum absolute atomic E-state index is 12.4. The summed E-state index contributed by atoms with van der Waals surface area (Å²) in [6.45, 7) is 10.8. The Morgan fingerprint density at radius 2 is 0.449 bits per heavy atom. The first-order valence-corrected chi connectivity index (χ1v) is 37.4. The van der Waals surface area contributed by atoms with Crippen LogP contribution in [0.4, 0.5) is 0 Å². The molecule has 0 radical (unpaired) electrons. The minimum Gasteiger partial charge on any atom is -0.492 e. The molecule has 0 spiro atoms. The molecule has 0 unspecified atom stereocenters. The molecule has 0 heterocycles. The molecule has 562 valence electrons. The van der Waals surface area contributed by atoms with Gasteiger partial charge in [-0.1, -0.05) is 89.2 Å². The number of benzene rings is 7. The van der Waals surface area contributed by atoms with E-state index in [4.69, 9.17) is 33.2 Å². The van der Waals surface area contributed by atoms with Crippen LogP contribution in [0.5, 0.6) is 34.5 Å². The topological polar surface area (TPSA) is 81.7 Å². The SMILES string of the molecule is CCOC(=O)c1ccc(C#Cc2cc(OCCC[N+](C)(C)C)c(C#Cc3ccc(C#Cc4cc(OCCC[N+](C)(C)C)c(C#Cc5ccc(C#Cc6cc(OCCC[N+](C)(C)C)c(C#Cc7ccccc7)cc6OCCC[N+](C)(C)C)cc5)cc4OCCC[N+](C)(C)C)cc3)cc2OCCC[N+](C)(C)C)cc1. The lowest BCUT2D eigenvalue weighted by Gasteiger charge is -2.24. The van der Waals surface area contributed by atoms with Crippen LogP contribution in [0.15, 0.2) is 140 Å². The summed E-state index contributed by atoms with van der Waals surface area (Å²) in [5, 5.41) is 0. The number of quaternary nitrogens is 6. The molecule has 0 bridgehead atoms. The van der Waals surface area contributed by atoms with Gasteiger partial charge in [-0.05, 0) is 91.9 Å². The molecule has 7 aromatic carbocycles. The summed E-state index contributed by atoms with van der Waals surface area (Å²) in [6, 6.07) is 44.9. The van der Waals surface area contributed by atoms with Crippen molar-refractivity contribution in [3.8, 4) is 106 Å². The second-order valence-electron chi connectivity index (χ2n) is 33.1. The third-order valence-corrected chi connectivity index (χ3v) is 16.6. The van der Waals surface area contributed by atoms with Gasteiger partial charge >= 0.3 is 5.97 Å². The minimum atomic E-state index is -0.367. The summed E-state index contributed by atoms with van der Waals surface area (Å²) in [5.41, 5.74) is 9.65. The van der Waals surface area contributed by atoms with Crippen LogP contribution in [-0.2, 0) is 4.74 Å². The molecule has 0 aliphatic carbocycles. The van der Waals surface area contributed by atoms with E-state index < -0.39 is 0 Å². The summed E-state index contributed by atoms with van der Waals surface area (Å²) in [7, 11) is 39.3. The zero-order valence-corrected chi connectivity index (χ0v) is 67.7. The Labute approximate surface area is 642 Å². The Bertz CT molecular complexity index is 4470. The van der Waals surface area contributed by atoms with Crippen molar-refractivity contribution < 1.29 is 64.9 Å². The second-order valence-corrected chi connectivity index (χ2v) is 33.1. The van der Waals surface area contributed by atoms with Gasteiger partial charge in [-0.15, -0.1) is 0 Å². The number of hydrogen-bond acceptors (Lipinski definition) is 8. The fraction of sp³-hybridized carbons (Fsp3) is 0.409. The molecule has 0 aliphatic rings. The minimum absolute atomic E-state index is 0.303. The Kier molecular flexibility index (Phi) is 31.5. The van der Waals surface area contributed by atoms with Gasteiger partial charge in [0.05, 0.1) is 251 Å². The fourth-order valence-electron chi connectivity index (χ4n) is 10.8. The second kappa shape index (κ2) is 40.0. The van der Waals surface area contributed by atoms with Gasteiger partial charge in [0, 0.05) is 108 Å². The van der Waals surface area contributed by atoms with Gasteiger partial charge in [-0.2, -0.15) is 0 Å². The van der Waals surface area contributed by atoms with Crippen LogP contribution in [0, 0.1) is 71.0 Å². The predicted octanol–water partition coefficient (Wildman–Crippen LogP) is 13.1. The first kappa shape index (κ1) is 84.2. The Morgan fingerprint density at radius 3 is 0.636 bits per heavy atom. The van der Waals surface area contributed by atoms with Crippen LogP contribution in [-0.4, -0.2) is 245 Å². The molecule has 14 nitrogen and oxygen atoms in total. The molecule has 0 fully saturated rings. The van der Waals surface area contributed by atoms with Crippen LogP contribution in [0.2, 0.25) is 0 Å². The molecule has 0 saturated carbocycles. The van der Waals surface area contributed by atoms with Crippen molar-refractivity contribution in [1.29, 1.82) is 0 Å². The molecular weight excluding hydrogens is 1330 g/mol.